The van der Waals surface area contributed by atoms with E-state index in [1.54, 1.807) is 35.6 Å². The Balaban J connectivity index is 1.83. The van der Waals surface area contributed by atoms with E-state index in [4.69, 9.17) is 16.0 Å². The molecule has 4 rings (SSSR count). The molecule has 124 valence electrons. The molecule has 2 heterocycles. The Labute approximate surface area is 152 Å². The molecule has 0 fully saturated rings. The van der Waals surface area contributed by atoms with E-state index < -0.39 is 5.97 Å². The number of carboxylic acid groups (broad SMARTS) is 1. The summed E-state index contributed by atoms with van der Waals surface area (Å²) in [5.74, 6) is -0.536. The van der Waals surface area contributed by atoms with Crippen molar-refractivity contribution in [3.8, 4) is 22.0 Å². The minimum Gasteiger partial charge on any atom is -0.550 e. The second kappa shape index (κ2) is 6.35. The Bertz CT molecular complexity index is 1030. The average molecular weight is 369 g/mol. The van der Waals surface area contributed by atoms with Crippen molar-refractivity contribution in [2.24, 2.45) is 0 Å². The Morgan fingerprint density at radius 2 is 1.92 bits per heavy atom. The zero-order valence-electron chi connectivity index (χ0n) is 12.9. The number of aromatic nitrogens is 1. The number of fused-ring (bicyclic) bond motifs is 1. The minimum absolute atomic E-state index is 0.273. The van der Waals surface area contributed by atoms with Crippen molar-refractivity contribution in [3.05, 3.63) is 65.4 Å². The molecule has 4 aromatic rings. The topological polar surface area (TPSA) is 66.2 Å². The van der Waals surface area contributed by atoms with Gasteiger partial charge in [-0.15, -0.1) is 11.3 Å². The lowest BCUT2D eigenvalue weighted by molar-refractivity contribution is -0.305. The van der Waals surface area contributed by atoms with Gasteiger partial charge in [-0.1, -0.05) is 41.9 Å². The van der Waals surface area contributed by atoms with E-state index >= 15 is 0 Å². The number of carboxylic acids is 1. The third-order valence-electron chi connectivity index (χ3n) is 3.76. The fraction of sp³-hybridized carbons (Fsp3) is 0.0526. The van der Waals surface area contributed by atoms with E-state index in [0.717, 1.165) is 20.5 Å². The predicted molar refractivity (Wildman–Crippen MR) is 96.5 cm³/mol. The second-order valence-corrected chi connectivity index (χ2v) is 7.02. The first-order valence-corrected chi connectivity index (χ1v) is 8.74. The van der Waals surface area contributed by atoms with Gasteiger partial charge in [0.2, 0.25) is 5.89 Å². The van der Waals surface area contributed by atoms with Gasteiger partial charge in [0.25, 0.3) is 0 Å². The average Bonchev–Trinajstić information content (AvgIpc) is 3.19. The molecule has 2 aromatic heterocycles. The van der Waals surface area contributed by atoms with Crippen LogP contribution in [-0.4, -0.2) is 11.0 Å². The Hall–Kier alpha value is -2.63. The molecular formula is C19H11ClNO3S-. The molecule has 0 spiro atoms. The van der Waals surface area contributed by atoms with Crippen molar-refractivity contribution in [1.29, 1.82) is 0 Å². The summed E-state index contributed by atoms with van der Waals surface area (Å²) in [5, 5.41) is 12.8. The molecule has 0 saturated carbocycles. The lowest BCUT2D eigenvalue weighted by atomic mass is 10.1. The third kappa shape index (κ3) is 3.16. The molecule has 6 heteroatoms. The molecular weight excluding hydrogens is 358 g/mol. The van der Waals surface area contributed by atoms with Crippen molar-refractivity contribution in [2.45, 2.75) is 6.42 Å². The first-order valence-electron chi connectivity index (χ1n) is 7.54. The van der Waals surface area contributed by atoms with Crippen LogP contribution in [0.1, 0.15) is 5.76 Å². The Morgan fingerprint density at radius 1 is 1.16 bits per heavy atom. The maximum Gasteiger partial charge on any atom is 0.237 e. The van der Waals surface area contributed by atoms with E-state index in [1.165, 1.54) is 0 Å². The lowest BCUT2D eigenvalue weighted by Crippen LogP contribution is -2.24. The van der Waals surface area contributed by atoms with Crippen LogP contribution in [-0.2, 0) is 11.2 Å². The summed E-state index contributed by atoms with van der Waals surface area (Å²) in [6.07, 6.45) is -0.337. The van der Waals surface area contributed by atoms with E-state index in [9.17, 15) is 9.90 Å². The van der Waals surface area contributed by atoms with Crippen LogP contribution in [0, 0.1) is 0 Å². The summed E-state index contributed by atoms with van der Waals surface area (Å²) in [6.45, 7) is 0. The summed E-state index contributed by atoms with van der Waals surface area (Å²) < 4.78 is 6.89. The summed E-state index contributed by atoms with van der Waals surface area (Å²) in [5.41, 5.74) is 1.24. The standard InChI is InChI=1S/C19H12ClNO3S/c20-13-7-5-11(6-8-13)18-14(10-17(22)23)24-19(21-18)16-9-12-3-1-2-4-15(12)25-16/h1-9H,10H2,(H,22,23)/p-1. The van der Waals surface area contributed by atoms with Crippen LogP contribution in [0.2, 0.25) is 5.02 Å². The second-order valence-electron chi connectivity index (χ2n) is 5.49. The van der Waals surface area contributed by atoms with Crippen molar-refractivity contribution in [3.63, 3.8) is 0 Å². The fourth-order valence-corrected chi connectivity index (χ4v) is 3.74. The van der Waals surface area contributed by atoms with Gasteiger partial charge in [0.05, 0.1) is 4.88 Å². The zero-order chi connectivity index (χ0) is 17.4. The molecule has 0 amide bonds. The molecule has 2 aromatic carbocycles. The molecule has 25 heavy (non-hydrogen) atoms. The molecule has 0 saturated heterocycles. The van der Waals surface area contributed by atoms with E-state index in [0.29, 0.717) is 16.6 Å². The third-order valence-corrected chi connectivity index (χ3v) is 5.11. The van der Waals surface area contributed by atoms with E-state index in [2.05, 4.69) is 4.98 Å². The van der Waals surface area contributed by atoms with Gasteiger partial charge in [-0.25, -0.2) is 4.98 Å². The largest absolute Gasteiger partial charge is 0.550 e. The van der Waals surface area contributed by atoms with Crippen LogP contribution >= 0.6 is 22.9 Å². The number of halogens is 1. The molecule has 0 atom stereocenters. The SMILES string of the molecule is O=C([O-])Cc1oc(-c2cc3ccccc3s2)nc1-c1ccc(Cl)cc1. The number of hydrogen-bond donors (Lipinski definition) is 0. The quantitative estimate of drug-likeness (QED) is 0.542. The molecule has 0 N–H and O–H groups in total. The number of aliphatic carboxylic acids is 1. The van der Waals surface area contributed by atoms with Crippen LogP contribution in [0.4, 0.5) is 0 Å². The Kier molecular flexibility index (Phi) is 4.03. The first kappa shape index (κ1) is 15.9. The van der Waals surface area contributed by atoms with Gasteiger partial charge >= 0.3 is 0 Å². The minimum atomic E-state index is -1.21. The smallest absolute Gasteiger partial charge is 0.237 e. The Morgan fingerprint density at radius 3 is 2.64 bits per heavy atom. The molecule has 4 nitrogen and oxygen atoms in total. The number of thiophene rings is 1. The monoisotopic (exact) mass is 368 g/mol. The highest BCUT2D eigenvalue weighted by Gasteiger charge is 2.18. The first-order chi connectivity index (χ1) is 12.1. The normalized spacial score (nSPS) is 11.1. The summed E-state index contributed by atoms with van der Waals surface area (Å²) in [7, 11) is 0. The van der Waals surface area contributed by atoms with Crippen LogP contribution in [0.5, 0.6) is 0 Å². The summed E-state index contributed by atoms with van der Waals surface area (Å²) in [6, 6.07) is 17.0. The number of carbonyl (C=O) groups is 1. The molecule has 0 aliphatic rings. The van der Waals surface area contributed by atoms with Gasteiger partial charge in [-0.3, -0.25) is 0 Å². The van der Waals surface area contributed by atoms with Crippen LogP contribution in [0.3, 0.4) is 0 Å². The molecule has 0 aliphatic heterocycles. The van der Waals surface area contributed by atoms with E-state index in [-0.39, 0.29) is 12.2 Å². The van der Waals surface area contributed by atoms with Crippen LogP contribution in [0.25, 0.3) is 32.1 Å². The fourth-order valence-electron chi connectivity index (χ4n) is 2.63. The van der Waals surface area contributed by atoms with Crippen molar-refractivity contribution in [2.75, 3.05) is 0 Å². The maximum atomic E-state index is 11.1. The van der Waals surface area contributed by atoms with Gasteiger partial charge in [-0.2, -0.15) is 0 Å². The highest BCUT2D eigenvalue weighted by Crippen LogP contribution is 2.36. The van der Waals surface area contributed by atoms with Gasteiger partial charge in [-0.05, 0) is 29.7 Å². The van der Waals surface area contributed by atoms with Gasteiger partial charge in [0, 0.05) is 27.7 Å². The molecule has 0 radical (unpaired) electrons. The zero-order valence-corrected chi connectivity index (χ0v) is 14.4. The summed E-state index contributed by atoms with van der Waals surface area (Å²) in [4.78, 5) is 16.5. The molecule has 0 bridgehead atoms. The predicted octanol–water partition coefficient (Wildman–Crippen LogP) is 4.17. The van der Waals surface area contributed by atoms with Crippen LogP contribution < -0.4 is 5.11 Å². The number of carbonyl (C=O) groups excluding carboxylic acids is 1. The number of benzene rings is 2. The van der Waals surface area contributed by atoms with Crippen molar-refractivity contribution < 1.29 is 14.3 Å². The molecule has 0 aliphatic carbocycles. The summed E-state index contributed by atoms with van der Waals surface area (Å²) >= 11 is 7.47. The van der Waals surface area contributed by atoms with Gasteiger partial charge in [0.15, 0.2) is 0 Å². The van der Waals surface area contributed by atoms with Gasteiger partial charge in [0.1, 0.15) is 11.5 Å². The van der Waals surface area contributed by atoms with Gasteiger partial charge < -0.3 is 14.3 Å². The lowest BCUT2D eigenvalue weighted by Gasteiger charge is -2.02. The van der Waals surface area contributed by atoms with Crippen LogP contribution in [0.15, 0.2) is 59.0 Å². The maximum absolute atomic E-state index is 11.1. The number of rotatable bonds is 4. The van der Waals surface area contributed by atoms with Crippen molar-refractivity contribution >= 4 is 39.0 Å². The highest BCUT2D eigenvalue weighted by atomic mass is 35.5. The number of hydrogen-bond acceptors (Lipinski definition) is 5. The molecule has 0 unspecified atom stereocenters. The van der Waals surface area contributed by atoms with E-state index in [1.807, 2.05) is 30.3 Å². The number of oxazole rings is 1. The highest BCUT2D eigenvalue weighted by molar-refractivity contribution is 7.22. The van der Waals surface area contributed by atoms with Crippen molar-refractivity contribution in [1.82, 2.24) is 4.98 Å². The number of nitrogens with zero attached hydrogens (tertiary/aromatic N) is 1.